The number of imidazole rings is 1. The second-order valence-electron chi connectivity index (χ2n) is 4.33. The Kier molecular flexibility index (Phi) is 4.27. The highest BCUT2D eigenvalue weighted by molar-refractivity contribution is 5.98. The van der Waals surface area contributed by atoms with Gasteiger partial charge in [0, 0.05) is 18.5 Å². The van der Waals surface area contributed by atoms with Crippen LogP contribution >= 0.6 is 0 Å². The van der Waals surface area contributed by atoms with Gasteiger partial charge in [-0.05, 0) is 18.6 Å². The Balaban J connectivity index is 2.27. The summed E-state index contributed by atoms with van der Waals surface area (Å²) in [5, 5.41) is 13.5. The molecule has 0 saturated carbocycles. The summed E-state index contributed by atoms with van der Waals surface area (Å²) in [5.41, 5.74) is -0.756. The van der Waals surface area contributed by atoms with Gasteiger partial charge in [0.25, 0.3) is 11.6 Å². The number of halogens is 1. The van der Waals surface area contributed by atoms with Crippen molar-refractivity contribution in [1.29, 1.82) is 0 Å². The van der Waals surface area contributed by atoms with Crippen molar-refractivity contribution >= 4 is 11.6 Å². The normalized spacial score (nSPS) is 11.9. The summed E-state index contributed by atoms with van der Waals surface area (Å²) in [6.07, 6.45) is 3.67. The first kappa shape index (κ1) is 14.6. The van der Waals surface area contributed by atoms with E-state index >= 15 is 0 Å². The van der Waals surface area contributed by atoms with E-state index in [2.05, 4.69) is 15.3 Å². The fourth-order valence-corrected chi connectivity index (χ4v) is 1.92. The zero-order chi connectivity index (χ0) is 15.4. The summed E-state index contributed by atoms with van der Waals surface area (Å²) in [5.74, 6) is -0.897. The average molecular weight is 292 g/mol. The van der Waals surface area contributed by atoms with E-state index in [9.17, 15) is 19.3 Å². The number of aromatic amines is 1. The number of nitro benzene ring substituents is 1. The lowest BCUT2D eigenvalue weighted by molar-refractivity contribution is -0.385. The minimum absolute atomic E-state index is 0.315. The van der Waals surface area contributed by atoms with Crippen molar-refractivity contribution in [2.45, 2.75) is 19.4 Å². The third kappa shape index (κ3) is 3.22. The van der Waals surface area contributed by atoms with Crippen LogP contribution in [0.25, 0.3) is 0 Å². The van der Waals surface area contributed by atoms with Crippen molar-refractivity contribution in [1.82, 2.24) is 15.3 Å². The standard InChI is InChI=1S/C13H13FN4O3/c1-2-10(12-15-5-6-16-12)17-13(19)9-7-8(14)3-4-11(9)18(20)21/h3-7,10H,2H2,1H3,(H,15,16)(H,17,19). The number of hydrogen-bond acceptors (Lipinski definition) is 4. The molecule has 1 heterocycles. The lowest BCUT2D eigenvalue weighted by Gasteiger charge is -2.14. The number of nitrogens with one attached hydrogen (secondary N) is 2. The largest absolute Gasteiger partial charge is 0.347 e. The summed E-state index contributed by atoms with van der Waals surface area (Å²) < 4.78 is 13.2. The number of aromatic nitrogens is 2. The molecule has 8 heteroatoms. The molecule has 1 amide bonds. The molecule has 2 rings (SSSR count). The fourth-order valence-electron chi connectivity index (χ4n) is 1.92. The third-order valence-corrected chi connectivity index (χ3v) is 2.96. The average Bonchev–Trinajstić information content (AvgIpc) is 2.98. The highest BCUT2D eigenvalue weighted by Gasteiger charge is 2.23. The quantitative estimate of drug-likeness (QED) is 0.652. The van der Waals surface area contributed by atoms with Crippen LogP contribution in [-0.2, 0) is 0 Å². The van der Waals surface area contributed by atoms with Crippen molar-refractivity contribution in [3.63, 3.8) is 0 Å². The number of carbonyl (C=O) groups is 1. The van der Waals surface area contributed by atoms with Crippen LogP contribution in [0.3, 0.4) is 0 Å². The van der Waals surface area contributed by atoms with Crippen molar-refractivity contribution in [3.8, 4) is 0 Å². The molecule has 0 radical (unpaired) electrons. The number of H-pyrrole nitrogens is 1. The van der Waals surface area contributed by atoms with E-state index < -0.39 is 28.4 Å². The Morgan fingerprint density at radius 2 is 2.33 bits per heavy atom. The zero-order valence-electron chi connectivity index (χ0n) is 11.2. The molecule has 1 atom stereocenters. The Morgan fingerprint density at radius 3 is 2.90 bits per heavy atom. The van der Waals surface area contributed by atoms with Crippen molar-refractivity contribution < 1.29 is 14.1 Å². The van der Waals surface area contributed by atoms with Crippen LogP contribution < -0.4 is 5.32 Å². The summed E-state index contributed by atoms with van der Waals surface area (Å²) in [4.78, 5) is 29.2. The maximum Gasteiger partial charge on any atom is 0.282 e. The number of amides is 1. The summed E-state index contributed by atoms with van der Waals surface area (Å²) in [6.45, 7) is 1.83. The predicted molar refractivity (Wildman–Crippen MR) is 72.1 cm³/mol. The van der Waals surface area contributed by atoms with E-state index in [1.807, 2.05) is 6.92 Å². The molecule has 0 spiro atoms. The van der Waals surface area contributed by atoms with Gasteiger partial charge in [-0.3, -0.25) is 14.9 Å². The molecule has 2 N–H and O–H groups in total. The Morgan fingerprint density at radius 1 is 1.57 bits per heavy atom. The molecule has 0 saturated heterocycles. The zero-order valence-corrected chi connectivity index (χ0v) is 11.2. The number of carbonyl (C=O) groups excluding carboxylic acids is 1. The Labute approximate surface area is 119 Å². The lowest BCUT2D eigenvalue weighted by atomic mass is 10.1. The van der Waals surface area contributed by atoms with Crippen molar-refractivity contribution in [2.75, 3.05) is 0 Å². The third-order valence-electron chi connectivity index (χ3n) is 2.96. The highest BCUT2D eigenvalue weighted by atomic mass is 19.1. The molecule has 1 aromatic carbocycles. The summed E-state index contributed by atoms with van der Waals surface area (Å²) in [6, 6.07) is 2.33. The summed E-state index contributed by atoms with van der Waals surface area (Å²) in [7, 11) is 0. The van der Waals surface area contributed by atoms with E-state index in [4.69, 9.17) is 0 Å². The Hall–Kier alpha value is -2.77. The van der Waals surface area contributed by atoms with E-state index in [0.29, 0.717) is 12.2 Å². The molecule has 0 aliphatic heterocycles. The van der Waals surface area contributed by atoms with Gasteiger partial charge in [-0.25, -0.2) is 9.37 Å². The molecule has 110 valence electrons. The number of rotatable bonds is 5. The molecule has 0 bridgehead atoms. The highest BCUT2D eigenvalue weighted by Crippen LogP contribution is 2.21. The van der Waals surface area contributed by atoms with Crippen LogP contribution in [0.5, 0.6) is 0 Å². The van der Waals surface area contributed by atoms with Crippen LogP contribution in [0.1, 0.15) is 35.6 Å². The van der Waals surface area contributed by atoms with Gasteiger partial charge < -0.3 is 10.3 Å². The van der Waals surface area contributed by atoms with E-state index in [0.717, 1.165) is 18.2 Å². The maximum absolute atomic E-state index is 13.2. The number of benzene rings is 1. The predicted octanol–water partition coefficient (Wildman–Crippen LogP) is 2.34. The fraction of sp³-hybridized carbons (Fsp3) is 0.231. The van der Waals surface area contributed by atoms with E-state index in [-0.39, 0.29) is 5.56 Å². The van der Waals surface area contributed by atoms with Gasteiger partial charge in [-0.1, -0.05) is 6.92 Å². The molecule has 21 heavy (non-hydrogen) atoms. The smallest absolute Gasteiger partial charge is 0.282 e. The van der Waals surface area contributed by atoms with E-state index in [1.54, 1.807) is 6.20 Å². The maximum atomic E-state index is 13.2. The second kappa shape index (κ2) is 6.12. The van der Waals surface area contributed by atoms with Gasteiger partial charge in [0.1, 0.15) is 17.2 Å². The van der Waals surface area contributed by atoms with Gasteiger partial charge in [0.15, 0.2) is 0 Å². The molecule has 0 fully saturated rings. The van der Waals surface area contributed by atoms with Gasteiger partial charge in [0.05, 0.1) is 11.0 Å². The minimum atomic E-state index is -0.720. The van der Waals surface area contributed by atoms with Crippen LogP contribution in [0.2, 0.25) is 0 Å². The lowest BCUT2D eigenvalue weighted by Crippen LogP contribution is -2.29. The first-order chi connectivity index (χ1) is 10.0. The monoisotopic (exact) mass is 292 g/mol. The molecule has 7 nitrogen and oxygen atoms in total. The molecule has 1 unspecified atom stereocenters. The van der Waals surface area contributed by atoms with Gasteiger partial charge >= 0.3 is 0 Å². The number of nitro groups is 1. The van der Waals surface area contributed by atoms with Crippen LogP contribution in [0.4, 0.5) is 10.1 Å². The first-order valence-corrected chi connectivity index (χ1v) is 6.27. The molecule has 1 aromatic heterocycles. The molecule has 0 aliphatic rings. The van der Waals surface area contributed by atoms with Crippen LogP contribution in [-0.4, -0.2) is 20.8 Å². The van der Waals surface area contributed by atoms with E-state index in [1.165, 1.54) is 6.20 Å². The van der Waals surface area contributed by atoms with Gasteiger partial charge in [0.2, 0.25) is 0 Å². The van der Waals surface area contributed by atoms with Crippen LogP contribution in [0.15, 0.2) is 30.6 Å². The van der Waals surface area contributed by atoms with Gasteiger partial charge in [-0.15, -0.1) is 0 Å². The SMILES string of the molecule is CCC(NC(=O)c1cc(F)ccc1[N+](=O)[O-])c1ncc[nH]1. The number of nitrogens with zero attached hydrogens (tertiary/aromatic N) is 2. The van der Waals surface area contributed by atoms with Crippen LogP contribution in [0, 0.1) is 15.9 Å². The van der Waals surface area contributed by atoms with Crippen molar-refractivity contribution in [2.24, 2.45) is 0 Å². The molecule has 2 aromatic rings. The molecular formula is C13H13FN4O3. The summed E-state index contributed by atoms with van der Waals surface area (Å²) >= 11 is 0. The second-order valence-corrected chi connectivity index (χ2v) is 4.33. The van der Waals surface area contributed by atoms with Gasteiger partial charge in [-0.2, -0.15) is 0 Å². The molecular weight excluding hydrogens is 279 g/mol. The number of hydrogen-bond donors (Lipinski definition) is 2. The minimum Gasteiger partial charge on any atom is -0.347 e. The first-order valence-electron chi connectivity index (χ1n) is 6.27. The Bertz CT molecular complexity index is 657. The molecule has 0 aliphatic carbocycles. The topological polar surface area (TPSA) is 101 Å². The van der Waals surface area contributed by atoms with Crippen molar-refractivity contribution in [3.05, 3.63) is 57.9 Å².